The third-order valence-corrected chi connectivity index (χ3v) is 2.97. The van der Waals surface area contributed by atoms with Crippen LogP contribution >= 0.6 is 0 Å². The average molecular weight is 328 g/mol. The molecule has 2 N–H and O–H groups in total. The fraction of sp³-hybridized carbons (Fsp3) is 0.294. The van der Waals surface area contributed by atoms with E-state index in [1.54, 1.807) is 24.3 Å². The van der Waals surface area contributed by atoms with E-state index < -0.39 is 5.97 Å². The summed E-state index contributed by atoms with van der Waals surface area (Å²) in [5.41, 5.74) is 0.799. The number of carbonyl (C=O) groups excluding carboxylic acids is 2. The number of nitrogens with zero attached hydrogens (tertiary/aromatic N) is 2. The molecular weight excluding hydrogens is 308 g/mol. The quantitative estimate of drug-likeness (QED) is 0.838. The predicted molar refractivity (Wildman–Crippen MR) is 90.3 cm³/mol. The lowest BCUT2D eigenvalue weighted by molar-refractivity contribution is 0.0601. The van der Waals surface area contributed by atoms with Crippen molar-refractivity contribution in [1.29, 1.82) is 0 Å². The van der Waals surface area contributed by atoms with Gasteiger partial charge in [-0.05, 0) is 32.9 Å². The van der Waals surface area contributed by atoms with E-state index in [9.17, 15) is 9.59 Å². The number of hydrogen-bond donors (Lipinski definition) is 2. The first-order valence-electron chi connectivity index (χ1n) is 7.39. The maximum atomic E-state index is 12.0. The minimum absolute atomic E-state index is 0.219. The van der Waals surface area contributed by atoms with E-state index in [1.165, 1.54) is 19.5 Å². The van der Waals surface area contributed by atoms with Gasteiger partial charge < -0.3 is 15.4 Å². The van der Waals surface area contributed by atoms with E-state index >= 15 is 0 Å². The molecule has 1 aromatic carbocycles. The van der Waals surface area contributed by atoms with E-state index in [-0.39, 0.29) is 17.1 Å². The van der Waals surface area contributed by atoms with Crippen LogP contribution in [0.2, 0.25) is 0 Å². The third-order valence-electron chi connectivity index (χ3n) is 2.97. The Kier molecular flexibility index (Phi) is 5.13. The second kappa shape index (κ2) is 7.08. The summed E-state index contributed by atoms with van der Waals surface area (Å²) >= 11 is 0. The molecule has 0 unspecified atom stereocenters. The summed E-state index contributed by atoms with van der Waals surface area (Å²) in [5, 5.41) is 5.81. The van der Waals surface area contributed by atoms with Crippen LogP contribution in [0.25, 0.3) is 0 Å². The lowest BCUT2D eigenvalue weighted by Gasteiger charge is -2.20. The number of nitrogens with one attached hydrogen (secondary N) is 2. The molecule has 126 valence electrons. The first-order valence-corrected chi connectivity index (χ1v) is 7.39. The number of esters is 1. The van der Waals surface area contributed by atoms with Crippen molar-refractivity contribution in [2.75, 3.05) is 12.4 Å². The molecule has 0 fully saturated rings. The Balaban J connectivity index is 2.16. The number of ether oxygens (including phenoxy) is 1. The van der Waals surface area contributed by atoms with Gasteiger partial charge in [0.2, 0.25) is 0 Å². The molecule has 0 aliphatic heterocycles. The zero-order chi connectivity index (χ0) is 17.7. The number of amides is 1. The molecule has 0 saturated carbocycles. The molecule has 1 aromatic heterocycles. The van der Waals surface area contributed by atoms with Crippen molar-refractivity contribution in [1.82, 2.24) is 15.3 Å². The van der Waals surface area contributed by atoms with Crippen molar-refractivity contribution >= 4 is 23.4 Å². The number of rotatable bonds is 4. The van der Waals surface area contributed by atoms with Crippen molar-refractivity contribution in [3.05, 3.63) is 47.9 Å². The highest BCUT2D eigenvalue weighted by Gasteiger charge is 2.17. The summed E-state index contributed by atoms with van der Waals surface area (Å²) in [6, 6.07) is 6.90. The number of carbonyl (C=O) groups is 2. The molecule has 0 aliphatic rings. The van der Waals surface area contributed by atoms with Crippen LogP contribution in [0.15, 0.2) is 36.7 Å². The van der Waals surface area contributed by atoms with Gasteiger partial charge in [-0.15, -0.1) is 0 Å². The molecule has 7 nitrogen and oxygen atoms in total. The molecule has 0 atom stereocenters. The Hall–Kier alpha value is -2.96. The van der Waals surface area contributed by atoms with Crippen LogP contribution in [0.3, 0.4) is 0 Å². The van der Waals surface area contributed by atoms with E-state index in [1.807, 2.05) is 20.8 Å². The van der Waals surface area contributed by atoms with Crippen molar-refractivity contribution in [2.24, 2.45) is 0 Å². The van der Waals surface area contributed by atoms with Crippen molar-refractivity contribution in [2.45, 2.75) is 26.3 Å². The lowest BCUT2D eigenvalue weighted by atomic mass is 10.1. The van der Waals surface area contributed by atoms with Crippen LogP contribution in [-0.4, -0.2) is 34.5 Å². The van der Waals surface area contributed by atoms with Crippen LogP contribution in [0.4, 0.5) is 11.5 Å². The standard InChI is InChI=1S/C17H20N4O3/c1-17(2,3)21-15(22)13-9-19-14(10-18-13)20-12-8-6-5-7-11(12)16(23)24-4/h5-10H,1-4H3,(H,19,20)(H,21,22). The van der Waals surface area contributed by atoms with E-state index in [4.69, 9.17) is 4.74 Å². The average Bonchev–Trinajstić information content (AvgIpc) is 2.53. The molecule has 1 heterocycles. The molecule has 7 heteroatoms. The lowest BCUT2D eigenvalue weighted by Crippen LogP contribution is -2.40. The molecular formula is C17H20N4O3. The van der Waals surface area contributed by atoms with Gasteiger partial charge >= 0.3 is 5.97 Å². The Morgan fingerprint density at radius 1 is 1.08 bits per heavy atom. The summed E-state index contributed by atoms with van der Waals surface area (Å²) in [5.74, 6) is -0.331. The van der Waals surface area contributed by atoms with Gasteiger partial charge in [0, 0.05) is 5.54 Å². The second-order valence-corrected chi connectivity index (χ2v) is 6.15. The zero-order valence-electron chi connectivity index (χ0n) is 14.1. The van der Waals surface area contributed by atoms with Gasteiger partial charge in [-0.25, -0.2) is 14.8 Å². The zero-order valence-corrected chi connectivity index (χ0v) is 14.1. The second-order valence-electron chi connectivity index (χ2n) is 6.15. The molecule has 24 heavy (non-hydrogen) atoms. The topological polar surface area (TPSA) is 93.2 Å². The number of methoxy groups -OCH3 is 1. The number of benzene rings is 1. The van der Waals surface area contributed by atoms with Crippen LogP contribution in [0, 0.1) is 0 Å². The highest BCUT2D eigenvalue weighted by atomic mass is 16.5. The Bertz CT molecular complexity index is 736. The smallest absolute Gasteiger partial charge is 0.339 e. The monoisotopic (exact) mass is 328 g/mol. The maximum Gasteiger partial charge on any atom is 0.339 e. The molecule has 0 spiro atoms. The molecule has 0 bridgehead atoms. The first kappa shape index (κ1) is 17.4. The summed E-state index contributed by atoms with van der Waals surface area (Å²) in [4.78, 5) is 32.0. The highest BCUT2D eigenvalue weighted by molar-refractivity contribution is 5.96. The van der Waals surface area contributed by atoms with Gasteiger partial charge in [-0.1, -0.05) is 12.1 Å². The Morgan fingerprint density at radius 3 is 2.38 bits per heavy atom. The van der Waals surface area contributed by atoms with Gasteiger partial charge in [0.1, 0.15) is 11.5 Å². The van der Waals surface area contributed by atoms with Crippen LogP contribution in [0.1, 0.15) is 41.6 Å². The van der Waals surface area contributed by atoms with Crippen LogP contribution < -0.4 is 10.6 Å². The van der Waals surface area contributed by atoms with Crippen molar-refractivity contribution < 1.29 is 14.3 Å². The molecule has 0 saturated heterocycles. The van der Waals surface area contributed by atoms with Crippen molar-refractivity contribution in [3.63, 3.8) is 0 Å². The van der Waals surface area contributed by atoms with Gasteiger partial charge in [-0.2, -0.15) is 0 Å². The molecule has 2 aromatic rings. The van der Waals surface area contributed by atoms with Gasteiger partial charge in [0.15, 0.2) is 0 Å². The minimum atomic E-state index is -0.452. The SMILES string of the molecule is COC(=O)c1ccccc1Nc1cnc(C(=O)NC(C)(C)C)cn1. The summed E-state index contributed by atoms with van der Waals surface area (Å²) in [7, 11) is 1.32. The Morgan fingerprint density at radius 2 is 1.79 bits per heavy atom. The van der Waals surface area contributed by atoms with E-state index in [2.05, 4.69) is 20.6 Å². The van der Waals surface area contributed by atoms with Crippen molar-refractivity contribution in [3.8, 4) is 0 Å². The number of hydrogen-bond acceptors (Lipinski definition) is 6. The van der Waals surface area contributed by atoms with E-state index in [0.717, 1.165) is 0 Å². The van der Waals surface area contributed by atoms with Gasteiger partial charge in [0.05, 0.1) is 30.8 Å². The first-order chi connectivity index (χ1) is 11.3. The summed E-state index contributed by atoms with van der Waals surface area (Å²) in [6.45, 7) is 5.66. The number of aromatic nitrogens is 2. The molecule has 1 amide bonds. The molecule has 0 radical (unpaired) electrons. The fourth-order valence-electron chi connectivity index (χ4n) is 1.93. The highest BCUT2D eigenvalue weighted by Crippen LogP contribution is 2.19. The van der Waals surface area contributed by atoms with Crippen LogP contribution in [-0.2, 0) is 4.74 Å². The third kappa shape index (κ3) is 4.52. The number of para-hydroxylation sites is 1. The summed E-state index contributed by atoms with van der Waals surface area (Å²) < 4.78 is 4.74. The normalized spacial score (nSPS) is 10.8. The van der Waals surface area contributed by atoms with Crippen LogP contribution in [0.5, 0.6) is 0 Å². The van der Waals surface area contributed by atoms with Gasteiger partial charge in [0.25, 0.3) is 5.91 Å². The fourth-order valence-corrected chi connectivity index (χ4v) is 1.93. The van der Waals surface area contributed by atoms with E-state index in [0.29, 0.717) is 17.1 Å². The summed E-state index contributed by atoms with van der Waals surface area (Å²) in [6.07, 6.45) is 2.82. The largest absolute Gasteiger partial charge is 0.465 e. The molecule has 2 rings (SSSR count). The maximum absolute atomic E-state index is 12.0. The minimum Gasteiger partial charge on any atom is -0.465 e. The Labute approximate surface area is 140 Å². The predicted octanol–water partition coefficient (Wildman–Crippen LogP) is 2.54. The molecule has 0 aliphatic carbocycles. The number of anilines is 2. The van der Waals surface area contributed by atoms with Gasteiger partial charge in [-0.3, -0.25) is 4.79 Å².